The van der Waals surface area contributed by atoms with E-state index in [1.54, 1.807) is 6.07 Å². The maximum absolute atomic E-state index is 13.3. The predicted octanol–water partition coefficient (Wildman–Crippen LogP) is 4.95. The largest absolute Gasteiger partial charge is 0.369 e. The molecule has 1 N–H and O–H groups in total. The molecule has 0 saturated carbocycles. The second-order valence-corrected chi connectivity index (χ2v) is 6.21. The lowest BCUT2D eigenvalue weighted by atomic mass is 10.1. The topological polar surface area (TPSA) is 29.9 Å². The van der Waals surface area contributed by atoms with Crippen LogP contribution in [0.2, 0.25) is 10.0 Å². The minimum Gasteiger partial charge on any atom is -0.369 e. The molecule has 3 aromatic rings. The molecule has 1 aliphatic rings. The first-order valence-electron chi connectivity index (χ1n) is 7.20. The van der Waals surface area contributed by atoms with Gasteiger partial charge in [0.1, 0.15) is 11.6 Å². The highest BCUT2D eigenvalue weighted by atomic mass is 35.5. The van der Waals surface area contributed by atoms with Crippen LogP contribution in [0.3, 0.4) is 0 Å². The van der Waals surface area contributed by atoms with Gasteiger partial charge in [0.15, 0.2) is 0 Å². The normalized spacial score (nSPS) is 13.0. The fourth-order valence-corrected chi connectivity index (χ4v) is 3.22. The molecule has 0 bridgehead atoms. The number of rotatable bonds is 2. The zero-order valence-corrected chi connectivity index (χ0v) is 13.5. The van der Waals surface area contributed by atoms with Crippen molar-refractivity contribution in [1.82, 2.24) is 9.78 Å². The van der Waals surface area contributed by atoms with Gasteiger partial charge in [0, 0.05) is 22.7 Å². The minimum atomic E-state index is -0.356. The van der Waals surface area contributed by atoms with E-state index in [9.17, 15) is 4.39 Å². The summed E-state index contributed by atoms with van der Waals surface area (Å²) in [5, 5.41) is 9.08. The standard InChI is InChI=1S/C17H12Cl2FN3/c18-10-1-4-12(5-2-10)23-17-14(7-8-21-17)16(22-23)13-6-3-11(20)9-15(13)19/h1-6,9,21H,7-8H2. The Kier molecular flexibility index (Phi) is 3.51. The lowest BCUT2D eigenvalue weighted by Crippen LogP contribution is -2.04. The third-order valence-electron chi connectivity index (χ3n) is 3.91. The van der Waals surface area contributed by atoms with Crippen molar-refractivity contribution in [1.29, 1.82) is 0 Å². The summed E-state index contributed by atoms with van der Waals surface area (Å²) in [5.41, 5.74) is 3.52. The van der Waals surface area contributed by atoms with Gasteiger partial charge in [-0.25, -0.2) is 9.07 Å². The number of hydrogen-bond donors (Lipinski definition) is 1. The highest BCUT2D eigenvalue weighted by Crippen LogP contribution is 2.37. The van der Waals surface area contributed by atoms with Gasteiger partial charge in [-0.1, -0.05) is 23.2 Å². The first-order chi connectivity index (χ1) is 11.1. The van der Waals surface area contributed by atoms with Gasteiger partial charge >= 0.3 is 0 Å². The van der Waals surface area contributed by atoms with Crippen molar-refractivity contribution >= 4 is 29.0 Å². The number of nitrogens with zero attached hydrogens (tertiary/aromatic N) is 2. The van der Waals surface area contributed by atoms with Crippen molar-refractivity contribution in [2.75, 3.05) is 11.9 Å². The Labute approximate surface area is 142 Å². The number of anilines is 1. The second kappa shape index (κ2) is 5.55. The minimum absolute atomic E-state index is 0.356. The average Bonchev–Trinajstić information content (AvgIpc) is 3.11. The zero-order valence-electron chi connectivity index (χ0n) is 12.0. The SMILES string of the molecule is Fc1ccc(-c2nn(-c3ccc(Cl)cc3)c3c2CCN3)c(Cl)c1. The smallest absolute Gasteiger partial charge is 0.133 e. The van der Waals surface area contributed by atoms with Gasteiger partial charge in [-0.15, -0.1) is 0 Å². The van der Waals surface area contributed by atoms with Crippen molar-refractivity contribution in [2.24, 2.45) is 0 Å². The van der Waals surface area contributed by atoms with Crippen LogP contribution >= 0.6 is 23.2 Å². The molecule has 6 heteroatoms. The third-order valence-corrected chi connectivity index (χ3v) is 4.47. The Bertz CT molecular complexity index is 888. The van der Waals surface area contributed by atoms with Crippen molar-refractivity contribution in [3.8, 4) is 16.9 Å². The molecule has 2 heterocycles. The van der Waals surface area contributed by atoms with E-state index < -0.39 is 0 Å². The lowest BCUT2D eigenvalue weighted by Gasteiger charge is -2.06. The Morgan fingerprint density at radius 2 is 1.87 bits per heavy atom. The van der Waals surface area contributed by atoms with E-state index in [1.807, 2.05) is 28.9 Å². The number of benzene rings is 2. The number of nitrogens with one attached hydrogen (secondary N) is 1. The number of fused-ring (bicyclic) bond motifs is 1. The molecule has 0 aliphatic carbocycles. The highest BCUT2D eigenvalue weighted by Gasteiger charge is 2.25. The summed E-state index contributed by atoms with van der Waals surface area (Å²) in [6.45, 7) is 0.840. The van der Waals surface area contributed by atoms with E-state index in [1.165, 1.54) is 12.1 Å². The van der Waals surface area contributed by atoms with E-state index in [-0.39, 0.29) is 5.82 Å². The number of hydrogen-bond acceptors (Lipinski definition) is 2. The van der Waals surface area contributed by atoms with Crippen LogP contribution in [0.25, 0.3) is 16.9 Å². The number of aromatic nitrogens is 2. The van der Waals surface area contributed by atoms with Gasteiger partial charge in [0.25, 0.3) is 0 Å². The predicted molar refractivity (Wildman–Crippen MR) is 91.2 cm³/mol. The molecule has 0 saturated heterocycles. The van der Waals surface area contributed by atoms with Crippen LogP contribution < -0.4 is 5.32 Å². The van der Waals surface area contributed by atoms with Gasteiger partial charge in [-0.3, -0.25) is 0 Å². The zero-order chi connectivity index (χ0) is 16.0. The van der Waals surface area contributed by atoms with Crippen LogP contribution in [0.5, 0.6) is 0 Å². The van der Waals surface area contributed by atoms with Gasteiger partial charge in [-0.05, 0) is 48.9 Å². The van der Waals surface area contributed by atoms with E-state index in [0.717, 1.165) is 41.3 Å². The highest BCUT2D eigenvalue weighted by molar-refractivity contribution is 6.33. The van der Waals surface area contributed by atoms with Crippen molar-refractivity contribution in [3.05, 3.63) is 63.9 Å². The molecular formula is C17H12Cl2FN3. The molecule has 116 valence electrons. The maximum Gasteiger partial charge on any atom is 0.133 e. The summed E-state index contributed by atoms with van der Waals surface area (Å²) in [6.07, 6.45) is 0.853. The van der Waals surface area contributed by atoms with Gasteiger partial charge in [0.05, 0.1) is 16.4 Å². The third kappa shape index (κ3) is 2.48. The first kappa shape index (κ1) is 14.5. The summed E-state index contributed by atoms with van der Waals surface area (Å²) in [6, 6.07) is 11.8. The monoisotopic (exact) mass is 347 g/mol. The molecule has 0 atom stereocenters. The van der Waals surface area contributed by atoms with Crippen molar-refractivity contribution in [3.63, 3.8) is 0 Å². The molecule has 0 radical (unpaired) electrons. The summed E-state index contributed by atoms with van der Waals surface area (Å²) < 4.78 is 15.2. The van der Waals surface area contributed by atoms with Crippen LogP contribution in [0.1, 0.15) is 5.56 Å². The Morgan fingerprint density at radius 3 is 2.61 bits per heavy atom. The summed E-state index contributed by atoms with van der Waals surface area (Å²) in [4.78, 5) is 0. The first-order valence-corrected chi connectivity index (χ1v) is 7.96. The van der Waals surface area contributed by atoms with Crippen LogP contribution in [0, 0.1) is 5.82 Å². The van der Waals surface area contributed by atoms with Crippen LogP contribution in [0.15, 0.2) is 42.5 Å². The Hall–Kier alpha value is -2.04. The molecule has 0 unspecified atom stereocenters. The molecule has 1 aromatic heterocycles. The maximum atomic E-state index is 13.3. The van der Waals surface area contributed by atoms with Crippen LogP contribution in [-0.2, 0) is 6.42 Å². The number of halogens is 3. The summed E-state index contributed by atoms with van der Waals surface area (Å²) >= 11 is 12.2. The molecule has 2 aromatic carbocycles. The molecule has 23 heavy (non-hydrogen) atoms. The van der Waals surface area contributed by atoms with Crippen LogP contribution in [0.4, 0.5) is 10.2 Å². The molecule has 3 nitrogen and oxygen atoms in total. The van der Waals surface area contributed by atoms with E-state index in [2.05, 4.69) is 5.32 Å². The summed E-state index contributed by atoms with van der Waals surface area (Å²) in [7, 11) is 0. The van der Waals surface area contributed by atoms with E-state index in [4.69, 9.17) is 28.3 Å². The molecular weight excluding hydrogens is 336 g/mol. The molecule has 0 spiro atoms. The quantitative estimate of drug-likeness (QED) is 0.710. The van der Waals surface area contributed by atoms with Crippen molar-refractivity contribution < 1.29 is 4.39 Å². The van der Waals surface area contributed by atoms with Gasteiger partial charge in [-0.2, -0.15) is 5.10 Å². The Balaban J connectivity index is 1.89. The fourth-order valence-electron chi connectivity index (χ4n) is 2.84. The lowest BCUT2D eigenvalue weighted by molar-refractivity contribution is 0.628. The summed E-state index contributed by atoms with van der Waals surface area (Å²) in [5.74, 6) is 0.591. The van der Waals surface area contributed by atoms with Crippen molar-refractivity contribution in [2.45, 2.75) is 6.42 Å². The Morgan fingerprint density at radius 1 is 1.09 bits per heavy atom. The van der Waals surface area contributed by atoms with Crippen LogP contribution in [-0.4, -0.2) is 16.3 Å². The average molecular weight is 348 g/mol. The molecule has 0 fully saturated rings. The van der Waals surface area contributed by atoms with Gasteiger partial charge in [0.2, 0.25) is 0 Å². The molecule has 0 amide bonds. The molecule has 1 aliphatic heterocycles. The van der Waals surface area contributed by atoms with E-state index >= 15 is 0 Å². The fraction of sp³-hybridized carbons (Fsp3) is 0.118. The second-order valence-electron chi connectivity index (χ2n) is 5.36. The van der Waals surface area contributed by atoms with E-state index in [0.29, 0.717) is 10.0 Å². The molecule has 4 rings (SSSR count). The van der Waals surface area contributed by atoms with Gasteiger partial charge < -0.3 is 5.32 Å².